The lowest BCUT2D eigenvalue weighted by Crippen LogP contribution is -2.46. The molecule has 11 heteroatoms. The number of benzene rings is 2. The minimum absolute atomic E-state index is 0.00678. The number of hydrogen-bond donors (Lipinski definition) is 2. The van der Waals surface area contributed by atoms with Crippen LogP contribution >= 0.6 is 11.6 Å². The molecule has 1 atom stereocenters. The van der Waals surface area contributed by atoms with Gasteiger partial charge in [0.05, 0.1) is 24.3 Å². The van der Waals surface area contributed by atoms with Crippen LogP contribution in [0.3, 0.4) is 0 Å². The molecule has 3 amide bonds. The van der Waals surface area contributed by atoms with E-state index in [1.54, 1.807) is 25.4 Å². The highest BCUT2D eigenvalue weighted by Crippen LogP contribution is 2.20. The fourth-order valence-electron chi connectivity index (χ4n) is 4.37. The van der Waals surface area contributed by atoms with Crippen LogP contribution in [0.15, 0.2) is 54.7 Å². The number of morpholine rings is 1. The summed E-state index contributed by atoms with van der Waals surface area (Å²) < 4.78 is 24.7. The van der Waals surface area contributed by atoms with E-state index in [2.05, 4.69) is 20.5 Å². The van der Waals surface area contributed by atoms with Crippen molar-refractivity contribution in [3.05, 3.63) is 71.1 Å². The van der Waals surface area contributed by atoms with Crippen molar-refractivity contribution in [3.63, 3.8) is 0 Å². The average Bonchev–Trinajstić information content (AvgIpc) is 2.95. The van der Waals surface area contributed by atoms with Crippen LogP contribution in [0.4, 0.5) is 19.8 Å². The van der Waals surface area contributed by atoms with E-state index in [1.807, 2.05) is 24.3 Å². The minimum atomic E-state index is -0.656. The first kappa shape index (κ1) is 28.5. The lowest BCUT2D eigenvalue weighted by Gasteiger charge is -2.30. The number of carbonyl (C=O) groups is 2. The smallest absolute Gasteiger partial charge is 0.412 e. The lowest BCUT2D eigenvalue weighted by molar-refractivity contribution is 0.0357. The largest absolute Gasteiger partial charge is 0.447 e. The standard InChI is InChI=1S/C28H33ClFN5O4/c1-34(27(36)32-18-22-8-4-10-24(30)26(22)29)23(9-5-11-35-12-14-38-15-13-35)19-39-28(37)33-25-16-20-6-2-3-7-21(20)17-31-25/h2-4,6-8,10,16-17,23H,5,9,11-15,18-19H2,1H3,(H,32,36)(H,31,33,37)/t23-/m0/s1. The van der Waals surface area contributed by atoms with Gasteiger partial charge in [-0.15, -0.1) is 0 Å². The zero-order valence-corrected chi connectivity index (χ0v) is 22.6. The maximum atomic E-state index is 13.8. The second-order valence-corrected chi connectivity index (χ2v) is 9.75. The van der Waals surface area contributed by atoms with Crippen molar-refractivity contribution in [2.75, 3.05) is 51.8 Å². The Bertz CT molecular complexity index is 1270. The molecular weight excluding hydrogens is 525 g/mol. The molecule has 1 saturated heterocycles. The molecule has 39 heavy (non-hydrogen) atoms. The molecule has 0 radical (unpaired) electrons. The van der Waals surface area contributed by atoms with E-state index in [9.17, 15) is 14.0 Å². The van der Waals surface area contributed by atoms with Gasteiger partial charge in [0.2, 0.25) is 0 Å². The van der Waals surface area contributed by atoms with Crippen LogP contribution in [0.1, 0.15) is 18.4 Å². The van der Waals surface area contributed by atoms with Crippen molar-refractivity contribution in [1.29, 1.82) is 0 Å². The SMILES string of the molecule is CN(C(=O)NCc1cccc(F)c1Cl)[C@@H](CCCN1CCOCC1)COC(=O)Nc1cc2ccccc2cn1. The summed E-state index contributed by atoms with van der Waals surface area (Å²) in [6.45, 7) is 4.06. The summed E-state index contributed by atoms with van der Waals surface area (Å²) in [7, 11) is 1.65. The molecule has 9 nitrogen and oxygen atoms in total. The molecule has 2 N–H and O–H groups in total. The third-order valence-electron chi connectivity index (χ3n) is 6.71. The Morgan fingerprint density at radius 1 is 1.18 bits per heavy atom. The summed E-state index contributed by atoms with van der Waals surface area (Å²) in [5.74, 6) is -0.168. The zero-order valence-electron chi connectivity index (χ0n) is 21.9. The van der Waals surface area contributed by atoms with Gasteiger partial charge in [0.25, 0.3) is 0 Å². The molecule has 1 fully saturated rings. The van der Waals surface area contributed by atoms with Gasteiger partial charge in [-0.05, 0) is 42.5 Å². The highest BCUT2D eigenvalue weighted by Gasteiger charge is 2.23. The number of nitrogens with zero attached hydrogens (tertiary/aromatic N) is 3. The van der Waals surface area contributed by atoms with Crippen LogP contribution in [0.25, 0.3) is 10.8 Å². The lowest BCUT2D eigenvalue weighted by atomic mass is 10.1. The minimum Gasteiger partial charge on any atom is -0.447 e. The summed E-state index contributed by atoms with van der Waals surface area (Å²) in [6, 6.07) is 13.2. The molecular formula is C28H33ClFN5O4. The third kappa shape index (κ3) is 8.26. The number of hydrogen-bond acceptors (Lipinski definition) is 6. The number of rotatable bonds is 10. The molecule has 1 aliphatic rings. The van der Waals surface area contributed by atoms with Crippen molar-refractivity contribution in [3.8, 4) is 0 Å². The van der Waals surface area contributed by atoms with Crippen LogP contribution < -0.4 is 10.6 Å². The maximum absolute atomic E-state index is 13.8. The van der Waals surface area contributed by atoms with E-state index in [4.69, 9.17) is 21.1 Å². The van der Waals surface area contributed by atoms with Crippen LogP contribution in [-0.2, 0) is 16.0 Å². The summed E-state index contributed by atoms with van der Waals surface area (Å²) in [6.07, 6.45) is 2.44. The highest BCUT2D eigenvalue weighted by atomic mass is 35.5. The van der Waals surface area contributed by atoms with Crippen molar-refractivity contribution in [1.82, 2.24) is 20.1 Å². The van der Waals surface area contributed by atoms with E-state index >= 15 is 0 Å². The van der Waals surface area contributed by atoms with Gasteiger partial charge >= 0.3 is 12.1 Å². The van der Waals surface area contributed by atoms with Crippen LogP contribution in [0, 0.1) is 5.82 Å². The Balaban J connectivity index is 1.34. The normalized spacial score (nSPS) is 14.5. The van der Waals surface area contributed by atoms with Gasteiger partial charge in [0, 0.05) is 38.3 Å². The number of pyridine rings is 1. The number of likely N-dealkylation sites (N-methyl/N-ethyl adjacent to an activating group) is 1. The van der Waals surface area contributed by atoms with E-state index in [-0.39, 0.29) is 30.2 Å². The first-order valence-corrected chi connectivity index (χ1v) is 13.3. The molecule has 0 spiro atoms. The van der Waals surface area contributed by atoms with E-state index in [1.165, 1.54) is 17.0 Å². The summed E-state index contributed by atoms with van der Waals surface area (Å²) in [5, 5.41) is 7.32. The predicted octanol–water partition coefficient (Wildman–Crippen LogP) is 4.90. The number of aromatic nitrogens is 1. The second-order valence-electron chi connectivity index (χ2n) is 9.37. The molecule has 4 rings (SSSR count). The van der Waals surface area contributed by atoms with Gasteiger partial charge in [-0.1, -0.05) is 48.0 Å². The summed E-state index contributed by atoms with van der Waals surface area (Å²) >= 11 is 6.02. The van der Waals surface area contributed by atoms with Crippen molar-refractivity contribution < 1.29 is 23.5 Å². The van der Waals surface area contributed by atoms with Crippen LogP contribution in [0.2, 0.25) is 5.02 Å². The average molecular weight is 558 g/mol. The van der Waals surface area contributed by atoms with Gasteiger partial charge in [0.1, 0.15) is 18.2 Å². The fraction of sp³-hybridized carbons (Fsp3) is 0.393. The van der Waals surface area contributed by atoms with Crippen molar-refractivity contribution in [2.45, 2.75) is 25.4 Å². The maximum Gasteiger partial charge on any atom is 0.412 e. The molecule has 0 saturated carbocycles. The Hall–Kier alpha value is -3.47. The van der Waals surface area contributed by atoms with Gasteiger partial charge in [-0.25, -0.2) is 19.0 Å². The fourth-order valence-corrected chi connectivity index (χ4v) is 4.57. The number of ether oxygens (including phenoxy) is 2. The van der Waals surface area contributed by atoms with Crippen LogP contribution in [0.5, 0.6) is 0 Å². The molecule has 0 bridgehead atoms. The summed E-state index contributed by atoms with van der Waals surface area (Å²) in [5.41, 5.74) is 0.473. The monoisotopic (exact) mass is 557 g/mol. The van der Waals surface area contributed by atoms with Gasteiger partial charge in [-0.2, -0.15) is 0 Å². The Labute approximate surface area is 232 Å². The van der Waals surface area contributed by atoms with E-state index in [0.29, 0.717) is 31.0 Å². The number of amides is 3. The molecule has 208 valence electrons. The quantitative estimate of drug-likeness (QED) is 0.368. The van der Waals surface area contributed by atoms with Crippen LogP contribution in [-0.4, -0.2) is 79.5 Å². The Morgan fingerprint density at radius 2 is 1.95 bits per heavy atom. The Morgan fingerprint density at radius 3 is 2.74 bits per heavy atom. The van der Waals surface area contributed by atoms with E-state index < -0.39 is 11.9 Å². The topological polar surface area (TPSA) is 96.0 Å². The third-order valence-corrected chi connectivity index (χ3v) is 7.14. The Kier molecular flexibility index (Phi) is 10.3. The van der Waals surface area contributed by atoms with Gasteiger partial charge in [-0.3, -0.25) is 10.2 Å². The molecule has 1 aromatic heterocycles. The second kappa shape index (κ2) is 14.1. The number of urea groups is 1. The number of nitrogens with one attached hydrogen (secondary N) is 2. The van der Waals surface area contributed by atoms with E-state index in [0.717, 1.165) is 36.8 Å². The number of anilines is 1. The molecule has 3 aromatic rings. The summed E-state index contributed by atoms with van der Waals surface area (Å²) in [4.78, 5) is 33.6. The molecule has 1 aliphatic heterocycles. The highest BCUT2D eigenvalue weighted by molar-refractivity contribution is 6.31. The molecule has 0 aliphatic carbocycles. The number of carbonyl (C=O) groups excluding carboxylic acids is 2. The predicted molar refractivity (Wildman–Crippen MR) is 148 cm³/mol. The first-order chi connectivity index (χ1) is 18.9. The molecule has 2 heterocycles. The number of fused-ring (bicyclic) bond motifs is 1. The first-order valence-electron chi connectivity index (χ1n) is 12.9. The van der Waals surface area contributed by atoms with Crippen molar-refractivity contribution in [2.24, 2.45) is 0 Å². The van der Waals surface area contributed by atoms with Gasteiger partial charge < -0.3 is 19.7 Å². The zero-order chi connectivity index (χ0) is 27.6. The molecule has 2 aromatic carbocycles. The van der Waals surface area contributed by atoms with Gasteiger partial charge in [0.15, 0.2) is 0 Å². The number of halogens is 2. The molecule has 0 unspecified atom stereocenters. The van der Waals surface area contributed by atoms with Crippen molar-refractivity contribution >= 4 is 40.3 Å².